The van der Waals surface area contributed by atoms with Crippen LogP contribution in [0.1, 0.15) is 25.0 Å². The van der Waals surface area contributed by atoms with Crippen molar-refractivity contribution in [3.63, 3.8) is 0 Å². The van der Waals surface area contributed by atoms with Gasteiger partial charge in [-0.1, -0.05) is 226 Å². The van der Waals surface area contributed by atoms with Crippen LogP contribution in [0.15, 0.2) is 249 Å². The molecule has 11 aromatic rings. The molecular formula is C65H47N. The van der Waals surface area contributed by atoms with Crippen molar-refractivity contribution in [2.24, 2.45) is 0 Å². The van der Waals surface area contributed by atoms with Crippen molar-refractivity contribution in [3.8, 4) is 66.8 Å². The maximum atomic E-state index is 2.47. The highest BCUT2D eigenvalue weighted by molar-refractivity contribution is 6.14. The van der Waals surface area contributed by atoms with Gasteiger partial charge in [-0.15, -0.1) is 0 Å². The summed E-state index contributed by atoms with van der Waals surface area (Å²) < 4.78 is 0. The minimum atomic E-state index is -0.218. The summed E-state index contributed by atoms with van der Waals surface area (Å²) >= 11 is 0. The van der Waals surface area contributed by atoms with E-state index in [1.807, 2.05) is 0 Å². The minimum absolute atomic E-state index is 0.218. The van der Waals surface area contributed by atoms with Crippen molar-refractivity contribution in [1.29, 1.82) is 0 Å². The molecule has 12 rings (SSSR count). The summed E-state index contributed by atoms with van der Waals surface area (Å²) in [6.07, 6.45) is 0. The maximum absolute atomic E-state index is 2.47. The van der Waals surface area contributed by atoms with Gasteiger partial charge in [-0.3, -0.25) is 0 Å². The molecule has 0 saturated heterocycles. The Kier molecular flexibility index (Phi) is 9.58. The third-order valence-electron chi connectivity index (χ3n) is 13.9. The van der Waals surface area contributed by atoms with Crippen molar-refractivity contribution in [2.75, 3.05) is 4.90 Å². The number of hydrogen-bond donors (Lipinski definition) is 0. The van der Waals surface area contributed by atoms with Crippen LogP contribution in [0.25, 0.3) is 88.3 Å². The Labute approximate surface area is 387 Å². The van der Waals surface area contributed by atoms with Gasteiger partial charge < -0.3 is 4.90 Å². The molecule has 0 atom stereocenters. The average molecular weight is 842 g/mol. The second-order valence-corrected chi connectivity index (χ2v) is 18.1. The summed E-state index contributed by atoms with van der Waals surface area (Å²) in [4.78, 5) is 2.47. The minimum Gasteiger partial charge on any atom is -0.310 e. The summed E-state index contributed by atoms with van der Waals surface area (Å²) in [6, 6.07) is 91.3. The Morgan fingerprint density at radius 1 is 0.273 bits per heavy atom. The van der Waals surface area contributed by atoms with Crippen LogP contribution < -0.4 is 4.90 Å². The molecule has 66 heavy (non-hydrogen) atoms. The molecule has 0 fully saturated rings. The van der Waals surface area contributed by atoms with Crippen LogP contribution in [0.2, 0.25) is 0 Å². The predicted octanol–water partition coefficient (Wildman–Crippen LogP) is 18.1. The van der Waals surface area contributed by atoms with E-state index < -0.39 is 0 Å². The van der Waals surface area contributed by atoms with Crippen LogP contribution >= 0.6 is 0 Å². The normalized spacial score (nSPS) is 12.5. The molecule has 0 amide bonds. The summed E-state index contributed by atoms with van der Waals surface area (Å²) in [6.45, 7) is 4.78. The Balaban J connectivity index is 0.901. The van der Waals surface area contributed by atoms with Gasteiger partial charge in [0.15, 0.2) is 0 Å². The van der Waals surface area contributed by atoms with Crippen LogP contribution in [0.5, 0.6) is 0 Å². The lowest BCUT2D eigenvalue weighted by Crippen LogP contribution is -2.17. The van der Waals surface area contributed by atoms with Gasteiger partial charge >= 0.3 is 0 Å². The summed E-state index contributed by atoms with van der Waals surface area (Å²) in [5, 5.41) is 4.96. The molecule has 0 N–H and O–H groups in total. The Hall–Kier alpha value is -8.26. The lowest BCUT2D eigenvalue weighted by Gasteiger charge is -2.29. The molecule has 11 aromatic carbocycles. The maximum Gasteiger partial charge on any atom is 0.0546 e. The average Bonchev–Trinajstić information content (AvgIpc) is 3.61. The van der Waals surface area contributed by atoms with Gasteiger partial charge in [0.1, 0.15) is 0 Å². The lowest BCUT2D eigenvalue weighted by molar-refractivity contribution is 0.660. The molecular weight excluding hydrogens is 795 g/mol. The second-order valence-electron chi connectivity index (χ2n) is 18.1. The van der Waals surface area contributed by atoms with E-state index in [1.165, 1.54) is 99.4 Å². The zero-order valence-corrected chi connectivity index (χ0v) is 37.1. The largest absolute Gasteiger partial charge is 0.310 e. The van der Waals surface area contributed by atoms with Crippen LogP contribution in [0.3, 0.4) is 0 Å². The predicted molar refractivity (Wildman–Crippen MR) is 281 cm³/mol. The van der Waals surface area contributed by atoms with Gasteiger partial charge in [0.05, 0.1) is 5.69 Å². The molecule has 0 heterocycles. The molecule has 1 aliphatic rings. The first-order valence-electron chi connectivity index (χ1n) is 23.0. The highest BCUT2D eigenvalue weighted by atomic mass is 15.1. The molecule has 312 valence electrons. The molecule has 1 nitrogen and oxygen atoms in total. The van der Waals surface area contributed by atoms with Crippen molar-refractivity contribution in [2.45, 2.75) is 19.3 Å². The summed E-state index contributed by atoms with van der Waals surface area (Å²) in [5.41, 5.74) is 20.7. The Morgan fingerprint density at radius 2 is 0.636 bits per heavy atom. The van der Waals surface area contributed by atoms with E-state index >= 15 is 0 Å². The lowest BCUT2D eigenvalue weighted by atomic mass is 9.81. The SMILES string of the molecule is CC1(C)c2cc(-c3ccc(-c4ccc(-c5ccccc5)cc4)cc3)ccc2-c2ccc(N(c3ccc(-c4ccc(-c5ccccc5)cc4)cc3)c3cc4ccccc4c4ccccc34)cc21. The van der Waals surface area contributed by atoms with Gasteiger partial charge in [0.2, 0.25) is 0 Å². The highest BCUT2D eigenvalue weighted by Crippen LogP contribution is 2.52. The molecule has 1 aliphatic carbocycles. The number of fused-ring (bicyclic) bond motifs is 6. The summed E-state index contributed by atoms with van der Waals surface area (Å²) in [5.74, 6) is 0. The molecule has 0 unspecified atom stereocenters. The number of hydrogen-bond acceptors (Lipinski definition) is 1. The van der Waals surface area contributed by atoms with E-state index in [0.29, 0.717) is 0 Å². The van der Waals surface area contributed by atoms with E-state index in [-0.39, 0.29) is 5.41 Å². The molecule has 0 aliphatic heterocycles. The van der Waals surface area contributed by atoms with Crippen molar-refractivity contribution in [1.82, 2.24) is 0 Å². The first-order chi connectivity index (χ1) is 32.5. The summed E-state index contributed by atoms with van der Waals surface area (Å²) in [7, 11) is 0. The van der Waals surface area contributed by atoms with E-state index in [9.17, 15) is 0 Å². The molecule has 1 heteroatoms. The van der Waals surface area contributed by atoms with E-state index in [1.54, 1.807) is 0 Å². The number of benzene rings is 11. The van der Waals surface area contributed by atoms with Gasteiger partial charge in [-0.25, -0.2) is 0 Å². The van der Waals surface area contributed by atoms with Crippen LogP contribution in [0, 0.1) is 0 Å². The van der Waals surface area contributed by atoms with E-state index in [2.05, 4.69) is 267 Å². The fourth-order valence-electron chi connectivity index (χ4n) is 10.3. The molecule has 0 aromatic heterocycles. The molecule has 0 radical (unpaired) electrons. The van der Waals surface area contributed by atoms with Gasteiger partial charge in [-0.2, -0.15) is 0 Å². The third-order valence-corrected chi connectivity index (χ3v) is 13.9. The zero-order chi connectivity index (χ0) is 44.2. The van der Waals surface area contributed by atoms with Crippen LogP contribution in [0.4, 0.5) is 17.1 Å². The number of nitrogens with zero attached hydrogens (tertiary/aromatic N) is 1. The Morgan fingerprint density at radius 3 is 1.17 bits per heavy atom. The smallest absolute Gasteiger partial charge is 0.0546 e. The standard InChI is InChI=1S/C65H47N/c1-65(2)62-41-53(52-31-29-49(30-32-52)48-25-21-46(22-26-48)44-13-5-3-6-14-44)35-39-59(62)60-40-38-56(43-63(60)65)66(64-42-54-17-9-10-18-57(54)58-19-11-12-20-61(58)64)55-36-33-51(34-37-55)50-27-23-47(24-28-50)45-15-7-4-8-16-45/h3-43H,1-2H3. The highest BCUT2D eigenvalue weighted by Gasteiger charge is 2.36. The quantitative estimate of drug-likeness (QED) is 0.138. The molecule has 0 spiro atoms. The molecule has 0 saturated carbocycles. The van der Waals surface area contributed by atoms with E-state index in [4.69, 9.17) is 0 Å². The van der Waals surface area contributed by atoms with Gasteiger partial charge in [0, 0.05) is 22.2 Å². The topological polar surface area (TPSA) is 3.24 Å². The van der Waals surface area contributed by atoms with Crippen molar-refractivity contribution < 1.29 is 0 Å². The number of anilines is 3. The zero-order valence-electron chi connectivity index (χ0n) is 37.1. The molecule has 0 bridgehead atoms. The second kappa shape index (κ2) is 16.1. The van der Waals surface area contributed by atoms with Crippen molar-refractivity contribution in [3.05, 3.63) is 260 Å². The number of rotatable bonds is 8. The van der Waals surface area contributed by atoms with Crippen LogP contribution in [-0.4, -0.2) is 0 Å². The Bertz CT molecular complexity index is 3550. The third kappa shape index (κ3) is 6.89. The fraction of sp³-hybridized carbons (Fsp3) is 0.0462. The van der Waals surface area contributed by atoms with Crippen molar-refractivity contribution >= 4 is 38.6 Å². The first kappa shape index (κ1) is 39.3. The van der Waals surface area contributed by atoms with E-state index in [0.717, 1.165) is 17.1 Å². The van der Waals surface area contributed by atoms with Gasteiger partial charge in [-0.05, 0) is 130 Å². The van der Waals surface area contributed by atoms with Crippen LogP contribution in [-0.2, 0) is 5.41 Å². The first-order valence-corrected chi connectivity index (χ1v) is 23.0. The van der Waals surface area contributed by atoms with Gasteiger partial charge in [0.25, 0.3) is 0 Å². The fourth-order valence-corrected chi connectivity index (χ4v) is 10.3. The monoisotopic (exact) mass is 841 g/mol.